The highest BCUT2D eigenvalue weighted by Crippen LogP contribution is 2.38. The highest BCUT2D eigenvalue weighted by molar-refractivity contribution is 7.89. The highest BCUT2D eigenvalue weighted by atomic mass is 32.2. The lowest BCUT2D eigenvalue weighted by Gasteiger charge is -2.18. The van der Waals surface area contributed by atoms with Crippen LogP contribution in [0.5, 0.6) is 0 Å². The molecule has 2 rings (SSSR count). The average Bonchev–Trinajstić information content (AvgIpc) is 3.12. The van der Waals surface area contributed by atoms with E-state index in [1.807, 2.05) is 12.1 Å². The van der Waals surface area contributed by atoms with Gasteiger partial charge in [-0.1, -0.05) is 32.9 Å². The summed E-state index contributed by atoms with van der Waals surface area (Å²) in [5.74, 6) is 1.18. The first-order valence-electron chi connectivity index (χ1n) is 7.59. The molecule has 118 valence electrons. The van der Waals surface area contributed by atoms with Crippen LogP contribution in [-0.2, 0) is 16.6 Å². The Hall–Kier alpha value is -0.910. The molecule has 2 atom stereocenters. The van der Waals surface area contributed by atoms with Gasteiger partial charge in [0, 0.05) is 26.2 Å². The number of sulfonamides is 1. The van der Waals surface area contributed by atoms with Gasteiger partial charge in [0.05, 0.1) is 4.90 Å². The second-order valence-corrected chi connectivity index (χ2v) is 8.49. The van der Waals surface area contributed by atoms with Crippen LogP contribution in [0.15, 0.2) is 29.2 Å². The Kier molecular flexibility index (Phi) is 5.07. The van der Waals surface area contributed by atoms with Crippen LogP contribution in [-0.4, -0.2) is 32.4 Å². The maximum absolute atomic E-state index is 12.6. The molecule has 1 N–H and O–H groups in total. The third-order valence-corrected chi connectivity index (χ3v) is 5.91. The Morgan fingerprint density at radius 1 is 1.38 bits per heavy atom. The quantitative estimate of drug-likeness (QED) is 0.841. The Morgan fingerprint density at radius 3 is 2.62 bits per heavy atom. The molecule has 1 aliphatic carbocycles. The third kappa shape index (κ3) is 4.28. The van der Waals surface area contributed by atoms with Gasteiger partial charge in [-0.15, -0.1) is 0 Å². The van der Waals surface area contributed by atoms with Gasteiger partial charge in [-0.05, 0) is 36.0 Å². The van der Waals surface area contributed by atoms with Crippen LogP contribution in [0.2, 0.25) is 0 Å². The summed E-state index contributed by atoms with van der Waals surface area (Å²) in [6, 6.07) is 7.61. The number of hydrogen-bond donors (Lipinski definition) is 1. The van der Waals surface area contributed by atoms with E-state index in [2.05, 4.69) is 26.1 Å². The van der Waals surface area contributed by atoms with Crippen LogP contribution >= 0.6 is 0 Å². The number of hydrogen-bond acceptors (Lipinski definition) is 3. The van der Waals surface area contributed by atoms with E-state index in [0.717, 1.165) is 12.0 Å². The predicted octanol–water partition coefficient (Wildman–Crippen LogP) is 2.46. The highest BCUT2D eigenvalue weighted by Gasteiger charge is 2.36. The van der Waals surface area contributed by atoms with E-state index in [9.17, 15) is 8.42 Å². The third-order valence-electron chi connectivity index (χ3n) is 4.09. The Labute approximate surface area is 128 Å². The van der Waals surface area contributed by atoms with Crippen molar-refractivity contribution in [2.75, 3.05) is 13.6 Å². The minimum Gasteiger partial charge on any atom is -0.310 e. The van der Waals surface area contributed by atoms with Crippen molar-refractivity contribution in [1.29, 1.82) is 0 Å². The molecule has 2 unspecified atom stereocenters. The van der Waals surface area contributed by atoms with Gasteiger partial charge in [-0.2, -0.15) is 0 Å². The van der Waals surface area contributed by atoms with Crippen molar-refractivity contribution < 1.29 is 8.42 Å². The fraction of sp³-hybridized carbons (Fsp3) is 0.625. The summed E-state index contributed by atoms with van der Waals surface area (Å²) in [5, 5.41) is 3.31. The normalized spacial score (nSPS) is 22.0. The summed E-state index contributed by atoms with van der Waals surface area (Å²) in [6.07, 6.45) is 1.14. The van der Waals surface area contributed by atoms with Gasteiger partial charge in [0.1, 0.15) is 0 Å². The first-order valence-corrected chi connectivity index (χ1v) is 9.03. The van der Waals surface area contributed by atoms with Crippen molar-refractivity contribution in [1.82, 2.24) is 9.62 Å². The molecular formula is C16H26N2O2S. The topological polar surface area (TPSA) is 49.4 Å². The number of rotatable bonds is 7. The van der Waals surface area contributed by atoms with Crippen LogP contribution in [0.3, 0.4) is 0 Å². The molecular weight excluding hydrogens is 284 g/mol. The summed E-state index contributed by atoms with van der Waals surface area (Å²) in [4.78, 5) is 0.390. The van der Waals surface area contributed by atoms with Gasteiger partial charge in [-0.3, -0.25) is 0 Å². The molecule has 5 heteroatoms. The van der Waals surface area contributed by atoms with Gasteiger partial charge >= 0.3 is 0 Å². The van der Waals surface area contributed by atoms with Gasteiger partial charge in [-0.25, -0.2) is 12.7 Å². The van der Waals surface area contributed by atoms with E-state index in [1.54, 1.807) is 19.2 Å². The van der Waals surface area contributed by atoms with E-state index in [0.29, 0.717) is 35.9 Å². The monoisotopic (exact) mass is 310 g/mol. The smallest absolute Gasteiger partial charge is 0.242 e. The Morgan fingerprint density at radius 2 is 2.05 bits per heavy atom. The number of benzene rings is 1. The van der Waals surface area contributed by atoms with Crippen molar-refractivity contribution in [3.8, 4) is 0 Å². The van der Waals surface area contributed by atoms with Crippen molar-refractivity contribution in [3.05, 3.63) is 29.8 Å². The van der Waals surface area contributed by atoms with Crippen LogP contribution in [0.25, 0.3) is 0 Å². The van der Waals surface area contributed by atoms with Gasteiger partial charge in [0.25, 0.3) is 0 Å². The zero-order chi connectivity index (χ0) is 15.6. The van der Waals surface area contributed by atoms with Gasteiger partial charge in [0.2, 0.25) is 10.0 Å². The lowest BCUT2D eigenvalue weighted by Crippen LogP contribution is -2.29. The SMILES string of the molecule is CC(C)NCc1cccc(S(=O)(=O)N(C)CC2CC2C)c1. The van der Waals surface area contributed by atoms with E-state index < -0.39 is 10.0 Å². The summed E-state index contributed by atoms with van der Waals surface area (Å²) in [6.45, 7) is 7.63. The zero-order valence-electron chi connectivity index (χ0n) is 13.3. The lowest BCUT2D eigenvalue weighted by molar-refractivity contribution is 0.444. The fourth-order valence-electron chi connectivity index (χ4n) is 2.40. The molecule has 1 aromatic rings. The van der Waals surface area contributed by atoms with E-state index >= 15 is 0 Å². The Balaban J connectivity index is 2.09. The van der Waals surface area contributed by atoms with E-state index in [4.69, 9.17) is 0 Å². The predicted molar refractivity (Wildman–Crippen MR) is 85.5 cm³/mol. The maximum atomic E-state index is 12.6. The van der Waals surface area contributed by atoms with Crippen molar-refractivity contribution in [3.63, 3.8) is 0 Å². The number of nitrogens with one attached hydrogen (secondary N) is 1. The van der Waals surface area contributed by atoms with Crippen LogP contribution in [0, 0.1) is 11.8 Å². The van der Waals surface area contributed by atoms with E-state index in [-0.39, 0.29) is 0 Å². The summed E-state index contributed by atoms with van der Waals surface area (Å²) in [5.41, 5.74) is 0.998. The van der Waals surface area contributed by atoms with Crippen molar-refractivity contribution in [2.45, 2.75) is 44.7 Å². The molecule has 0 radical (unpaired) electrons. The zero-order valence-corrected chi connectivity index (χ0v) is 14.2. The first kappa shape index (κ1) is 16.5. The van der Waals surface area contributed by atoms with Crippen molar-refractivity contribution in [2.24, 2.45) is 11.8 Å². The molecule has 0 spiro atoms. The molecule has 0 heterocycles. The maximum Gasteiger partial charge on any atom is 0.242 e. The van der Waals surface area contributed by atoms with Gasteiger partial charge < -0.3 is 5.32 Å². The van der Waals surface area contributed by atoms with Crippen LogP contribution in [0.4, 0.5) is 0 Å². The molecule has 0 aromatic heterocycles. The van der Waals surface area contributed by atoms with E-state index in [1.165, 1.54) is 4.31 Å². The van der Waals surface area contributed by atoms with Gasteiger partial charge in [0.15, 0.2) is 0 Å². The molecule has 1 fully saturated rings. The number of nitrogens with zero attached hydrogens (tertiary/aromatic N) is 1. The molecule has 0 bridgehead atoms. The standard InChI is InChI=1S/C16H26N2O2S/c1-12(2)17-10-14-6-5-7-16(9-14)21(19,20)18(4)11-15-8-13(15)3/h5-7,9,12-13,15,17H,8,10-11H2,1-4H3. The Bertz CT molecular complexity index is 584. The molecule has 1 aliphatic rings. The summed E-state index contributed by atoms with van der Waals surface area (Å²) < 4.78 is 26.7. The second kappa shape index (κ2) is 6.46. The summed E-state index contributed by atoms with van der Waals surface area (Å²) >= 11 is 0. The average molecular weight is 310 g/mol. The molecule has 1 saturated carbocycles. The van der Waals surface area contributed by atoms with Crippen molar-refractivity contribution >= 4 is 10.0 Å². The minimum atomic E-state index is -3.37. The molecule has 0 saturated heterocycles. The molecule has 1 aromatic carbocycles. The molecule has 0 aliphatic heterocycles. The second-order valence-electron chi connectivity index (χ2n) is 6.44. The summed E-state index contributed by atoms with van der Waals surface area (Å²) in [7, 11) is -1.69. The largest absolute Gasteiger partial charge is 0.310 e. The molecule has 21 heavy (non-hydrogen) atoms. The minimum absolute atomic E-state index is 0.379. The van der Waals surface area contributed by atoms with Crippen LogP contribution in [0.1, 0.15) is 32.8 Å². The van der Waals surface area contributed by atoms with Crippen LogP contribution < -0.4 is 5.32 Å². The fourth-order valence-corrected chi connectivity index (χ4v) is 3.70. The first-order chi connectivity index (χ1) is 9.80. The molecule has 4 nitrogen and oxygen atoms in total. The molecule has 0 amide bonds. The lowest BCUT2D eigenvalue weighted by atomic mass is 10.2.